The van der Waals surface area contributed by atoms with Crippen LogP contribution in [0.1, 0.15) is 26.2 Å². The molecular formula is C10H17N. The summed E-state index contributed by atoms with van der Waals surface area (Å²) in [4.78, 5) is 0. The predicted molar refractivity (Wildman–Crippen MR) is 47.1 cm³/mol. The van der Waals surface area contributed by atoms with Crippen molar-refractivity contribution in [1.82, 2.24) is 0 Å². The quantitative estimate of drug-likeness (QED) is 0.600. The molecule has 0 aromatic rings. The molecule has 2 aliphatic carbocycles. The molecule has 2 rings (SSSR count). The first kappa shape index (κ1) is 7.35. The van der Waals surface area contributed by atoms with E-state index in [9.17, 15) is 0 Å². The van der Waals surface area contributed by atoms with Crippen molar-refractivity contribution in [2.24, 2.45) is 23.5 Å². The highest BCUT2D eigenvalue weighted by atomic mass is 14.6. The minimum atomic E-state index is 0.823. The zero-order valence-corrected chi connectivity index (χ0v) is 7.22. The van der Waals surface area contributed by atoms with E-state index in [1.165, 1.54) is 19.3 Å². The summed E-state index contributed by atoms with van der Waals surface area (Å²) < 4.78 is 0. The first-order chi connectivity index (χ1) is 5.35. The Morgan fingerprint density at radius 3 is 3.09 bits per heavy atom. The molecule has 0 amide bonds. The van der Waals surface area contributed by atoms with Crippen LogP contribution in [0.2, 0.25) is 0 Å². The van der Waals surface area contributed by atoms with Gasteiger partial charge in [0.25, 0.3) is 0 Å². The third-order valence-corrected chi connectivity index (χ3v) is 3.40. The smallest absolute Gasteiger partial charge is 0.00430 e. The highest BCUT2D eigenvalue weighted by Crippen LogP contribution is 2.49. The average molecular weight is 151 g/mol. The Morgan fingerprint density at radius 2 is 2.45 bits per heavy atom. The molecule has 62 valence electrons. The molecule has 0 spiro atoms. The van der Waals surface area contributed by atoms with Crippen LogP contribution in [0.15, 0.2) is 11.6 Å². The van der Waals surface area contributed by atoms with Gasteiger partial charge in [0.2, 0.25) is 0 Å². The van der Waals surface area contributed by atoms with Crippen molar-refractivity contribution in [2.45, 2.75) is 26.2 Å². The lowest BCUT2D eigenvalue weighted by molar-refractivity contribution is 0.137. The third kappa shape index (κ3) is 1.02. The van der Waals surface area contributed by atoms with Crippen LogP contribution in [0.3, 0.4) is 0 Å². The van der Waals surface area contributed by atoms with Crippen molar-refractivity contribution >= 4 is 0 Å². The molecule has 1 heteroatoms. The molecule has 0 heterocycles. The minimum Gasteiger partial charge on any atom is -0.330 e. The fourth-order valence-corrected chi connectivity index (χ4v) is 2.58. The Hall–Kier alpha value is -0.300. The molecule has 2 aliphatic rings. The van der Waals surface area contributed by atoms with Crippen molar-refractivity contribution in [2.75, 3.05) is 6.54 Å². The first-order valence-electron chi connectivity index (χ1n) is 4.74. The molecule has 11 heavy (non-hydrogen) atoms. The molecule has 0 aromatic heterocycles. The summed E-state index contributed by atoms with van der Waals surface area (Å²) in [5, 5.41) is 0. The molecule has 3 atom stereocenters. The number of allylic oxidation sites excluding steroid dienone is 2. The van der Waals surface area contributed by atoms with Gasteiger partial charge in [-0.1, -0.05) is 18.6 Å². The first-order valence-corrected chi connectivity index (χ1v) is 4.74. The number of hydrogen-bond acceptors (Lipinski definition) is 1. The van der Waals surface area contributed by atoms with Crippen molar-refractivity contribution in [3.63, 3.8) is 0 Å². The van der Waals surface area contributed by atoms with Crippen molar-refractivity contribution in [1.29, 1.82) is 0 Å². The number of nitrogens with two attached hydrogens (primary N) is 1. The Kier molecular flexibility index (Phi) is 1.76. The van der Waals surface area contributed by atoms with Gasteiger partial charge in [0.05, 0.1) is 0 Å². The summed E-state index contributed by atoms with van der Waals surface area (Å²) in [6.07, 6.45) is 6.51. The Balaban J connectivity index is 2.00. The second kappa shape index (κ2) is 2.63. The van der Waals surface area contributed by atoms with E-state index in [1.54, 1.807) is 5.57 Å². The summed E-state index contributed by atoms with van der Waals surface area (Å²) in [6, 6.07) is 0. The van der Waals surface area contributed by atoms with Crippen LogP contribution in [0.4, 0.5) is 0 Å². The molecular weight excluding hydrogens is 134 g/mol. The van der Waals surface area contributed by atoms with Crippen LogP contribution < -0.4 is 5.73 Å². The van der Waals surface area contributed by atoms with E-state index >= 15 is 0 Å². The summed E-state index contributed by atoms with van der Waals surface area (Å²) in [5.41, 5.74) is 7.32. The highest BCUT2D eigenvalue weighted by molar-refractivity contribution is 5.19. The average Bonchev–Trinajstić information content (AvgIpc) is 2.31. The van der Waals surface area contributed by atoms with Gasteiger partial charge in [-0.05, 0) is 43.6 Å². The van der Waals surface area contributed by atoms with E-state index in [2.05, 4.69) is 13.0 Å². The maximum Gasteiger partial charge on any atom is -0.00430 e. The van der Waals surface area contributed by atoms with Gasteiger partial charge >= 0.3 is 0 Å². The van der Waals surface area contributed by atoms with Gasteiger partial charge in [0.15, 0.2) is 0 Å². The van der Waals surface area contributed by atoms with Crippen molar-refractivity contribution in [3.8, 4) is 0 Å². The van der Waals surface area contributed by atoms with E-state index in [0.717, 1.165) is 24.3 Å². The lowest BCUT2D eigenvalue weighted by Gasteiger charge is -2.39. The summed E-state index contributed by atoms with van der Waals surface area (Å²) in [6.45, 7) is 3.16. The standard InChI is InChI=1S/C10H17N/c1-2-7-3-8-5-9(6-11)10(8)4-7/h4,8-10H,2-3,5-6,11H2,1H3/t8-,9+,10-/m1/s1. The lowest BCUT2D eigenvalue weighted by atomic mass is 9.66. The normalized spacial score (nSPS) is 41.3. The van der Waals surface area contributed by atoms with Crippen LogP contribution in [0.25, 0.3) is 0 Å². The van der Waals surface area contributed by atoms with Gasteiger partial charge < -0.3 is 5.73 Å². The molecule has 0 saturated heterocycles. The van der Waals surface area contributed by atoms with Crippen molar-refractivity contribution < 1.29 is 0 Å². The summed E-state index contributed by atoms with van der Waals surface area (Å²) in [5.74, 6) is 2.68. The van der Waals surface area contributed by atoms with Crippen LogP contribution in [-0.4, -0.2) is 6.54 Å². The van der Waals surface area contributed by atoms with E-state index in [4.69, 9.17) is 5.73 Å². The number of fused-ring (bicyclic) bond motifs is 1. The zero-order chi connectivity index (χ0) is 7.84. The van der Waals surface area contributed by atoms with Gasteiger partial charge in [-0.2, -0.15) is 0 Å². The molecule has 2 N–H and O–H groups in total. The SMILES string of the molecule is CCC1=C[C@H]2[C@H](CN)C[C@H]2C1. The van der Waals surface area contributed by atoms with Gasteiger partial charge in [-0.15, -0.1) is 0 Å². The van der Waals surface area contributed by atoms with E-state index in [-0.39, 0.29) is 0 Å². The molecule has 1 fully saturated rings. The van der Waals surface area contributed by atoms with Crippen LogP contribution >= 0.6 is 0 Å². The Bertz CT molecular complexity index is 183. The second-order valence-corrected chi connectivity index (χ2v) is 3.95. The van der Waals surface area contributed by atoms with E-state index < -0.39 is 0 Å². The molecule has 0 aromatic carbocycles. The molecule has 0 radical (unpaired) electrons. The van der Waals surface area contributed by atoms with Gasteiger partial charge in [-0.3, -0.25) is 0 Å². The second-order valence-electron chi connectivity index (χ2n) is 3.95. The molecule has 0 aliphatic heterocycles. The minimum absolute atomic E-state index is 0.823. The molecule has 1 nitrogen and oxygen atoms in total. The van der Waals surface area contributed by atoms with E-state index in [1.807, 2.05) is 0 Å². The number of hydrogen-bond donors (Lipinski definition) is 1. The van der Waals surface area contributed by atoms with Crippen LogP contribution in [0.5, 0.6) is 0 Å². The van der Waals surface area contributed by atoms with Gasteiger partial charge in [0, 0.05) is 0 Å². The van der Waals surface area contributed by atoms with Gasteiger partial charge in [0.1, 0.15) is 0 Å². The topological polar surface area (TPSA) is 26.0 Å². The maximum atomic E-state index is 5.65. The molecule has 1 saturated carbocycles. The van der Waals surface area contributed by atoms with Gasteiger partial charge in [-0.25, -0.2) is 0 Å². The zero-order valence-electron chi connectivity index (χ0n) is 7.22. The van der Waals surface area contributed by atoms with E-state index in [0.29, 0.717) is 0 Å². The Morgan fingerprint density at radius 1 is 1.64 bits per heavy atom. The Labute approximate surface area is 68.7 Å². The largest absolute Gasteiger partial charge is 0.330 e. The maximum absolute atomic E-state index is 5.65. The summed E-state index contributed by atoms with van der Waals surface area (Å²) in [7, 11) is 0. The van der Waals surface area contributed by atoms with Crippen LogP contribution in [0, 0.1) is 17.8 Å². The summed E-state index contributed by atoms with van der Waals surface area (Å²) >= 11 is 0. The fraction of sp³-hybridized carbons (Fsp3) is 0.800. The predicted octanol–water partition coefficient (Wildman–Crippen LogP) is 1.94. The van der Waals surface area contributed by atoms with Crippen LogP contribution in [-0.2, 0) is 0 Å². The van der Waals surface area contributed by atoms with Crippen molar-refractivity contribution in [3.05, 3.63) is 11.6 Å². The molecule has 0 bridgehead atoms. The highest BCUT2D eigenvalue weighted by Gasteiger charge is 2.41. The fourth-order valence-electron chi connectivity index (χ4n) is 2.58. The third-order valence-electron chi connectivity index (χ3n) is 3.40. The monoisotopic (exact) mass is 151 g/mol. The molecule has 0 unspecified atom stereocenters. The lowest BCUT2D eigenvalue weighted by Crippen LogP contribution is -2.37. The number of rotatable bonds is 2.